The molecule has 0 aliphatic carbocycles. The van der Waals surface area contributed by atoms with E-state index in [-0.39, 0.29) is 28.2 Å². The molecule has 0 spiro atoms. The highest BCUT2D eigenvalue weighted by Crippen LogP contribution is 2.33. The molecule has 1 N–H and O–H groups in total. The molecule has 13 heteroatoms. The van der Waals surface area contributed by atoms with Crippen LogP contribution in [-0.4, -0.2) is 70.7 Å². The number of aromatic hydroxyl groups is 1. The van der Waals surface area contributed by atoms with E-state index in [0.717, 1.165) is 29.2 Å². The molecule has 38 heavy (non-hydrogen) atoms. The number of hydrogen-bond acceptors (Lipinski definition) is 8. The summed E-state index contributed by atoms with van der Waals surface area (Å²) in [7, 11) is 3.04. The van der Waals surface area contributed by atoms with Crippen LogP contribution in [0.25, 0.3) is 16.3 Å². The first-order valence-electron chi connectivity index (χ1n) is 11.6. The number of benzene rings is 1. The van der Waals surface area contributed by atoms with Gasteiger partial charge in [-0.2, -0.15) is 0 Å². The lowest BCUT2D eigenvalue weighted by molar-refractivity contribution is 0.0826. The molecule has 0 radical (unpaired) electrons. The Kier molecular flexibility index (Phi) is 7.16. The molecule has 5 rings (SSSR count). The van der Waals surface area contributed by atoms with Crippen molar-refractivity contribution < 1.29 is 23.4 Å². The second-order valence-corrected chi connectivity index (χ2v) is 10.9. The summed E-state index contributed by atoms with van der Waals surface area (Å²) in [6, 6.07) is 3.73. The minimum atomic E-state index is -1.11. The number of fused-ring (bicyclic) bond motifs is 1. The lowest BCUT2D eigenvalue weighted by Gasteiger charge is -2.29. The molecule has 1 amide bonds. The SMILES string of the molecule is CN(C)C(=O)c1cc(F)c(F)cc1Cc1cnc(-c2nc3c(Br)cc(N4CCOCC4)cn3c(=O)c2O)s1. The Bertz CT molecular complexity index is 1620. The van der Waals surface area contributed by atoms with Crippen LogP contribution in [-0.2, 0) is 11.2 Å². The van der Waals surface area contributed by atoms with Crippen molar-refractivity contribution in [2.75, 3.05) is 45.3 Å². The number of amides is 1. The van der Waals surface area contributed by atoms with Gasteiger partial charge in [0.1, 0.15) is 10.7 Å². The van der Waals surface area contributed by atoms with Crippen molar-refractivity contribution in [3.05, 3.63) is 73.1 Å². The minimum Gasteiger partial charge on any atom is -0.501 e. The third-order valence-electron chi connectivity index (χ3n) is 6.12. The lowest BCUT2D eigenvalue weighted by atomic mass is 10.0. The van der Waals surface area contributed by atoms with Gasteiger partial charge in [0.05, 0.1) is 23.4 Å². The summed E-state index contributed by atoms with van der Waals surface area (Å²) in [4.78, 5) is 38.4. The van der Waals surface area contributed by atoms with E-state index < -0.39 is 28.9 Å². The molecule has 0 unspecified atom stereocenters. The first-order chi connectivity index (χ1) is 18.1. The summed E-state index contributed by atoms with van der Waals surface area (Å²) in [6.45, 7) is 2.50. The molecule has 1 saturated heterocycles. The van der Waals surface area contributed by atoms with Gasteiger partial charge in [-0.1, -0.05) is 0 Å². The number of nitrogens with zero attached hydrogens (tertiary/aromatic N) is 5. The van der Waals surface area contributed by atoms with Gasteiger partial charge in [-0.15, -0.1) is 11.3 Å². The van der Waals surface area contributed by atoms with E-state index in [1.807, 2.05) is 6.07 Å². The van der Waals surface area contributed by atoms with E-state index in [0.29, 0.717) is 41.3 Å². The molecule has 0 bridgehead atoms. The zero-order valence-electron chi connectivity index (χ0n) is 20.4. The summed E-state index contributed by atoms with van der Waals surface area (Å²) < 4.78 is 35.1. The van der Waals surface area contributed by atoms with Crippen molar-refractivity contribution in [2.24, 2.45) is 0 Å². The number of aromatic nitrogens is 3. The van der Waals surface area contributed by atoms with Gasteiger partial charge in [-0.05, 0) is 39.7 Å². The van der Waals surface area contributed by atoms with Gasteiger partial charge in [0.25, 0.3) is 5.91 Å². The van der Waals surface area contributed by atoms with Crippen molar-refractivity contribution in [3.63, 3.8) is 0 Å². The second-order valence-electron chi connectivity index (χ2n) is 8.88. The zero-order chi connectivity index (χ0) is 27.1. The summed E-state index contributed by atoms with van der Waals surface area (Å²) in [5.41, 5.74) is 0.754. The summed E-state index contributed by atoms with van der Waals surface area (Å²) >= 11 is 4.62. The molecular weight excluding hydrogens is 584 g/mol. The van der Waals surface area contributed by atoms with Crippen molar-refractivity contribution in [2.45, 2.75) is 6.42 Å². The number of carbonyl (C=O) groups is 1. The van der Waals surface area contributed by atoms with Gasteiger partial charge < -0.3 is 19.6 Å². The van der Waals surface area contributed by atoms with Crippen LogP contribution in [0.1, 0.15) is 20.8 Å². The molecule has 9 nitrogen and oxygen atoms in total. The number of ether oxygens (including phenoxy) is 1. The summed E-state index contributed by atoms with van der Waals surface area (Å²) in [5.74, 6) is -3.21. The van der Waals surface area contributed by atoms with Crippen LogP contribution in [0.15, 0.2) is 39.9 Å². The molecule has 1 aromatic carbocycles. The highest BCUT2D eigenvalue weighted by atomic mass is 79.9. The van der Waals surface area contributed by atoms with Gasteiger partial charge in [-0.25, -0.2) is 18.7 Å². The fraction of sp³-hybridized carbons (Fsp3) is 0.280. The average Bonchev–Trinajstić information content (AvgIpc) is 3.36. The summed E-state index contributed by atoms with van der Waals surface area (Å²) in [5, 5.41) is 11.0. The van der Waals surface area contributed by atoms with Crippen molar-refractivity contribution in [3.8, 4) is 16.5 Å². The number of anilines is 1. The van der Waals surface area contributed by atoms with E-state index in [9.17, 15) is 23.5 Å². The van der Waals surface area contributed by atoms with Gasteiger partial charge in [0.2, 0.25) is 5.75 Å². The number of carbonyl (C=O) groups excluding carboxylic acids is 1. The molecule has 0 saturated carbocycles. The van der Waals surface area contributed by atoms with Crippen LogP contribution < -0.4 is 10.5 Å². The molecule has 1 aliphatic heterocycles. The van der Waals surface area contributed by atoms with E-state index in [1.54, 1.807) is 6.20 Å². The highest BCUT2D eigenvalue weighted by Gasteiger charge is 2.22. The standard InChI is InChI=1S/C25H22BrF2N5O4S/c1-31(2)24(35)16-10-19(28)18(27)8-13(16)7-15-11-29-23(38-15)20-21(34)25(36)33-12-14(9-17(26)22(33)30-20)32-3-5-37-6-4-32/h8-12,34H,3-7H2,1-2H3. The molecule has 1 aliphatic rings. The number of halogens is 3. The molecule has 4 aromatic rings. The fourth-order valence-electron chi connectivity index (χ4n) is 4.18. The smallest absolute Gasteiger partial charge is 0.300 e. The van der Waals surface area contributed by atoms with Crippen molar-refractivity contribution >= 4 is 44.5 Å². The van der Waals surface area contributed by atoms with E-state index >= 15 is 0 Å². The highest BCUT2D eigenvalue weighted by molar-refractivity contribution is 9.10. The topological polar surface area (TPSA) is 100 Å². The number of morpholine rings is 1. The van der Waals surface area contributed by atoms with E-state index in [4.69, 9.17) is 4.74 Å². The third-order valence-corrected chi connectivity index (χ3v) is 7.71. The monoisotopic (exact) mass is 605 g/mol. The predicted octanol–water partition coefficient (Wildman–Crippen LogP) is 3.69. The number of hydrogen-bond donors (Lipinski definition) is 1. The largest absolute Gasteiger partial charge is 0.501 e. The molecular formula is C25H22BrF2N5O4S. The van der Waals surface area contributed by atoms with Crippen molar-refractivity contribution in [1.82, 2.24) is 19.3 Å². The van der Waals surface area contributed by atoms with Crippen LogP contribution in [0.5, 0.6) is 5.75 Å². The maximum atomic E-state index is 14.0. The number of rotatable bonds is 5. The molecule has 198 valence electrons. The lowest BCUT2D eigenvalue weighted by Crippen LogP contribution is -2.36. The first-order valence-corrected chi connectivity index (χ1v) is 13.2. The summed E-state index contributed by atoms with van der Waals surface area (Å²) in [6.07, 6.45) is 3.21. The van der Waals surface area contributed by atoms with Gasteiger partial charge in [-0.3, -0.25) is 14.0 Å². The van der Waals surface area contributed by atoms with Gasteiger partial charge in [0, 0.05) is 56.4 Å². The zero-order valence-corrected chi connectivity index (χ0v) is 22.8. The normalized spacial score (nSPS) is 13.8. The maximum absolute atomic E-state index is 14.0. The maximum Gasteiger partial charge on any atom is 0.300 e. The Balaban J connectivity index is 1.51. The van der Waals surface area contributed by atoms with Crippen LogP contribution >= 0.6 is 27.3 Å². The first kappa shape index (κ1) is 26.2. The van der Waals surface area contributed by atoms with Crippen LogP contribution in [0.2, 0.25) is 0 Å². The van der Waals surface area contributed by atoms with Crippen LogP contribution in [0.4, 0.5) is 14.5 Å². The van der Waals surface area contributed by atoms with E-state index in [2.05, 4.69) is 30.8 Å². The predicted molar refractivity (Wildman–Crippen MR) is 142 cm³/mol. The second kappa shape index (κ2) is 10.4. The molecule has 0 atom stereocenters. The van der Waals surface area contributed by atoms with E-state index in [1.165, 1.54) is 29.6 Å². The Morgan fingerprint density at radius 2 is 1.92 bits per heavy atom. The average molecular weight is 606 g/mol. The quantitative estimate of drug-likeness (QED) is 0.370. The van der Waals surface area contributed by atoms with Crippen molar-refractivity contribution in [1.29, 1.82) is 0 Å². The molecule has 3 aromatic heterocycles. The number of thiazole rings is 1. The molecule has 1 fully saturated rings. The Hall–Kier alpha value is -3.42. The Morgan fingerprint density at radius 1 is 1.21 bits per heavy atom. The van der Waals surface area contributed by atoms with Crippen LogP contribution in [0.3, 0.4) is 0 Å². The Labute approximate surface area is 228 Å². The third kappa shape index (κ3) is 4.88. The number of pyridine rings is 1. The van der Waals surface area contributed by atoms with Gasteiger partial charge >= 0.3 is 5.56 Å². The fourth-order valence-corrected chi connectivity index (χ4v) is 5.62. The van der Waals surface area contributed by atoms with Crippen LogP contribution in [0, 0.1) is 11.6 Å². The minimum absolute atomic E-state index is 0.000880. The Morgan fingerprint density at radius 3 is 2.63 bits per heavy atom. The molecule has 4 heterocycles. The van der Waals surface area contributed by atoms with Gasteiger partial charge in [0.15, 0.2) is 17.3 Å².